The Labute approximate surface area is 108 Å². The molecule has 0 heterocycles. The van der Waals surface area contributed by atoms with Crippen LogP contribution in [0.3, 0.4) is 0 Å². The minimum Gasteiger partial charge on any atom is -0.342 e. The molecule has 0 saturated heterocycles. The molecule has 3 heteroatoms. The molecule has 1 amide bonds. The zero-order valence-electron chi connectivity index (χ0n) is 10.7. The van der Waals surface area contributed by atoms with Crippen molar-refractivity contribution in [1.82, 2.24) is 5.32 Å². The Morgan fingerprint density at radius 3 is 2.35 bits per heavy atom. The predicted molar refractivity (Wildman–Crippen MR) is 72.7 cm³/mol. The molecule has 1 rings (SSSR count). The first kappa shape index (κ1) is 14.0. The van der Waals surface area contributed by atoms with Crippen LogP contribution in [0.5, 0.6) is 0 Å². The molecular formula is C14H20ClNO. The van der Waals surface area contributed by atoms with Crippen molar-refractivity contribution in [3.8, 4) is 0 Å². The second-order valence-corrected chi connectivity index (χ2v) is 5.30. The van der Waals surface area contributed by atoms with Gasteiger partial charge in [0.25, 0.3) is 0 Å². The van der Waals surface area contributed by atoms with E-state index in [4.69, 9.17) is 11.6 Å². The summed E-state index contributed by atoms with van der Waals surface area (Å²) in [6, 6.07) is 8.57. The largest absolute Gasteiger partial charge is 0.342 e. The Balaban J connectivity index is 2.73. The van der Waals surface area contributed by atoms with Crippen LogP contribution in [0.4, 0.5) is 4.79 Å². The second kappa shape index (κ2) is 6.06. The van der Waals surface area contributed by atoms with Crippen LogP contribution in [0, 0.1) is 0 Å². The Morgan fingerprint density at radius 2 is 1.88 bits per heavy atom. The van der Waals surface area contributed by atoms with E-state index in [1.165, 1.54) is 11.1 Å². The smallest absolute Gasteiger partial charge is 0.313 e. The maximum absolute atomic E-state index is 10.7. The first-order chi connectivity index (χ1) is 7.95. The van der Waals surface area contributed by atoms with E-state index < -0.39 is 5.37 Å². The van der Waals surface area contributed by atoms with Crippen LogP contribution in [0.2, 0.25) is 0 Å². The molecule has 0 radical (unpaired) electrons. The highest BCUT2D eigenvalue weighted by molar-refractivity contribution is 6.62. The van der Waals surface area contributed by atoms with Gasteiger partial charge in [0, 0.05) is 12.0 Å². The van der Waals surface area contributed by atoms with Crippen LogP contribution >= 0.6 is 11.6 Å². The van der Waals surface area contributed by atoms with Crippen molar-refractivity contribution in [1.29, 1.82) is 0 Å². The lowest BCUT2D eigenvalue weighted by molar-refractivity contribution is 0.257. The molecule has 0 aliphatic heterocycles. The third-order valence-corrected chi connectivity index (χ3v) is 3.08. The number of nitrogens with one attached hydrogen (secondary N) is 1. The first-order valence-electron chi connectivity index (χ1n) is 5.98. The van der Waals surface area contributed by atoms with Crippen LogP contribution in [0.1, 0.15) is 38.3 Å². The number of benzene rings is 1. The lowest BCUT2D eigenvalue weighted by Crippen LogP contribution is -2.34. The molecule has 0 unspecified atom stereocenters. The second-order valence-electron chi connectivity index (χ2n) is 4.96. The predicted octanol–water partition coefficient (Wildman–Crippen LogP) is 3.87. The average Bonchev–Trinajstić information content (AvgIpc) is 2.28. The van der Waals surface area contributed by atoms with Gasteiger partial charge in [-0.05, 0) is 29.1 Å². The van der Waals surface area contributed by atoms with E-state index in [0.717, 1.165) is 12.8 Å². The maximum Gasteiger partial charge on any atom is 0.313 e. The quantitative estimate of drug-likeness (QED) is 0.627. The number of halogens is 1. The van der Waals surface area contributed by atoms with E-state index in [1.54, 1.807) is 0 Å². The molecule has 0 aliphatic rings. The van der Waals surface area contributed by atoms with Gasteiger partial charge in [0.15, 0.2) is 0 Å². The fourth-order valence-electron chi connectivity index (χ4n) is 1.80. The number of hydrogen-bond acceptors (Lipinski definition) is 1. The summed E-state index contributed by atoms with van der Waals surface area (Å²) in [4.78, 5) is 10.7. The monoisotopic (exact) mass is 253 g/mol. The average molecular weight is 254 g/mol. The van der Waals surface area contributed by atoms with Gasteiger partial charge in [-0.25, -0.2) is 0 Å². The summed E-state index contributed by atoms with van der Waals surface area (Å²) in [6.07, 6.45) is 2.27. The normalized spacial score (nSPS) is 11.3. The number of carbonyl (C=O) groups excluding carboxylic acids is 1. The van der Waals surface area contributed by atoms with Crippen molar-refractivity contribution in [3.63, 3.8) is 0 Å². The van der Waals surface area contributed by atoms with E-state index in [9.17, 15) is 4.79 Å². The molecule has 0 spiro atoms. The summed E-state index contributed by atoms with van der Waals surface area (Å²) in [6.45, 7) is 6.90. The third kappa shape index (κ3) is 4.39. The fraction of sp³-hybridized carbons (Fsp3) is 0.500. The summed E-state index contributed by atoms with van der Waals surface area (Å²) < 4.78 is 0. The Morgan fingerprint density at radius 1 is 1.29 bits per heavy atom. The Kier molecular flexibility index (Phi) is 5.01. The molecule has 0 aromatic heterocycles. The molecule has 1 aromatic rings. The molecule has 1 aromatic carbocycles. The lowest BCUT2D eigenvalue weighted by atomic mass is 9.84. The molecule has 94 valence electrons. The number of amides is 1. The van der Waals surface area contributed by atoms with Gasteiger partial charge < -0.3 is 5.32 Å². The number of rotatable bonds is 5. The highest BCUT2D eigenvalue weighted by Crippen LogP contribution is 2.23. The molecule has 2 nitrogen and oxygen atoms in total. The van der Waals surface area contributed by atoms with Crippen LogP contribution in [-0.2, 0) is 11.8 Å². The van der Waals surface area contributed by atoms with E-state index in [-0.39, 0.29) is 5.41 Å². The Hall–Kier alpha value is -1.02. The van der Waals surface area contributed by atoms with Gasteiger partial charge in [-0.3, -0.25) is 4.79 Å². The van der Waals surface area contributed by atoms with Crippen molar-refractivity contribution >= 4 is 17.0 Å². The number of hydrogen-bond donors (Lipinski definition) is 1. The summed E-state index contributed by atoms with van der Waals surface area (Å²) in [7, 11) is 0. The maximum atomic E-state index is 10.7. The molecule has 0 saturated carbocycles. The standard InChI is InChI=1S/C14H20ClNO/c1-4-5-11-6-8-12(9-7-11)14(2,3)10-16-13(15)17/h6-9H,4-5,10H2,1-3H3,(H,16,17). The van der Waals surface area contributed by atoms with Crippen LogP contribution < -0.4 is 5.32 Å². The molecule has 1 N–H and O–H groups in total. The highest BCUT2D eigenvalue weighted by atomic mass is 35.5. The summed E-state index contributed by atoms with van der Waals surface area (Å²) >= 11 is 5.29. The van der Waals surface area contributed by atoms with E-state index in [1.807, 2.05) is 0 Å². The number of carbonyl (C=O) groups is 1. The van der Waals surface area contributed by atoms with Gasteiger partial charge in [-0.15, -0.1) is 0 Å². The molecule has 0 atom stereocenters. The minimum atomic E-state index is -0.499. The third-order valence-electron chi connectivity index (χ3n) is 2.94. The molecule has 0 bridgehead atoms. The molecule has 17 heavy (non-hydrogen) atoms. The van der Waals surface area contributed by atoms with Crippen molar-refractivity contribution in [2.24, 2.45) is 0 Å². The van der Waals surface area contributed by atoms with Crippen molar-refractivity contribution in [2.75, 3.05) is 6.54 Å². The van der Waals surface area contributed by atoms with Gasteiger partial charge in [0.2, 0.25) is 0 Å². The van der Waals surface area contributed by atoms with Crippen LogP contribution in [0.25, 0.3) is 0 Å². The minimum absolute atomic E-state index is 0.102. The molecule has 0 fully saturated rings. The van der Waals surface area contributed by atoms with Gasteiger partial charge >= 0.3 is 5.37 Å². The highest BCUT2D eigenvalue weighted by Gasteiger charge is 2.20. The Bertz CT molecular complexity index is 370. The van der Waals surface area contributed by atoms with Gasteiger partial charge in [-0.2, -0.15) is 0 Å². The van der Waals surface area contributed by atoms with Gasteiger partial charge in [0.05, 0.1) is 0 Å². The fourth-order valence-corrected chi connectivity index (χ4v) is 1.87. The summed E-state index contributed by atoms with van der Waals surface area (Å²) in [5.74, 6) is 0. The van der Waals surface area contributed by atoms with Crippen molar-refractivity contribution in [3.05, 3.63) is 35.4 Å². The topological polar surface area (TPSA) is 29.1 Å². The van der Waals surface area contributed by atoms with Gasteiger partial charge in [0.1, 0.15) is 0 Å². The lowest BCUT2D eigenvalue weighted by Gasteiger charge is -2.25. The van der Waals surface area contributed by atoms with Gasteiger partial charge in [-0.1, -0.05) is 51.5 Å². The zero-order chi connectivity index (χ0) is 12.9. The number of aryl methyl sites for hydroxylation is 1. The van der Waals surface area contributed by atoms with E-state index in [2.05, 4.69) is 50.4 Å². The summed E-state index contributed by atoms with van der Waals surface area (Å²) in [5, 5.41) is 2.15. The SMILES string of the molecule is CCCc1ccc(C(C)(C)CNC(=O)Cl)cc1. The zero-order valence-corrected chi connectivity index (χ0v) is 11.5. The van der Waals surface area contributed by atoms with E-state index >= 15 is 0 Å². The van der Waals surface area contributed by atoms with Crippen molar-refractivity contribution in [2.45, 2.75) is 39.0 Å². The van der Waals surface area contributed by atoms with Crippen LogP contribution in [-0.4, -0.2) is 11.9 Å². The first-order valence-corrected chi connectivity index (χ1v) is 6.36. The molecular weight excluding hydrogens is 234 g/mol. The van der Waals surface area contributed by atoms with Crippen LogP contribution in [0.15, 0.2) is 24.3 Å². The summed E-state index contributed by atoms with van der Waals surface area (Å²) in [5.41, 5.74) is 2.46. The van der Waals surface area contributed by atoms with E-state index in [0.29, 0.717) is 6.54 Å². The van der Waals surface area contributed by atoms with Crippen molar-refractivity contribution < 1.29 is 4.79 Å². The molecule has 0 aliphatic carbocycles.